The molecule has 2 heterocycles. The van der Waals surface area contributed by atoms with Gasteiger partial charge in [0.1, 0.15) is 0 Å². The first-order valence-corrected chi connectivity index (χ1v) is 29.5. The molecule has 0 amide bonds. The fraction of sp³-hybridized carbons (Fsp3) is 0.120. The second-order valence-electron chi connectivity index (χ2n) is 22.9. The summed E-state index contributed by atoms with van der Waals surface area (Å²) in [5, 5.41) is 7.75. The number of allylic oxidation sites excluding steroid dienone is 8. The zero-order chi connectivity index (χ0) is 52.6. The smallest absolute Gasteiger partial charge is 0.0476 e. The average Bonchev–Trinajstić information content (AvgIpc) is 4.29. The van der Waals surface area contributed by atoms with Gasteiger partial charge in [-0.05, 0) is 141 Å². The van der Waals surface area contributed by atoms with Crippen LogP contribution < -0.4 is 9.80 Å². The van der Waals surface area contributed by atoms with Gasteiger partial charge in [-0.2, -0.15) is 0 Å². The lowest BCUT2D eigenvalue weighted by Crippen LogP contribution is -2.37. The Morgan fingerprint density at radius 3 is 1.41 bits per heavy atom. The maximum absolute atomic E-state index is 2.45. The maximum atomic E-state index is 2.45. The molecule has 16 rings (SSSR count). The standard InChI is InChI=1S/C75H56N2S2/c1-73-41-17-16-28-72(73)75(3,67-27-15-14-26-66(67)73)51-31-35-55(36-32-51)77(53-20-8-5-9-21-53)57-38-40-61-63-43-48-42-62-60-39-37-56(46-70(60)78-68(62)44-49(48)45-69(63)79-71(61)47-57)76(52-18-6-4-7-19-52)54-33-29-50(30-34-54)74(2)64-24-12-10-22-58(64)59-23-11-13-25-65(59)74/h4-47,58,64,72H,1-3H3. The number of fused-ring (bicyclic) bond motifs is 13. The minimum Gasteiger partial charge on any atom is -0.310 e. The Kier molecular flexibility index (Phi) is 10.3. The zero-order valence-electron chi connectivity index (χ0n) is 44.3. The molecule has 79 heavy (non-hydrogen) atoms. The van der Waals surface area contributed by atoms with Crippen molar-refractivity contribution < 1.29 is 0 Å². The van der Waals surface area contributed by atoms with Crippen LogP contribution in [-0.4, -0.2) is 0 Å². The van der Waals surface area contributed by atoms with E-state index in [2.05, 4.69) is 298 Å². The highest BCUT2D eigenvalue weighted by molar-refractivity contribution is 7.26. The highest BCUT2D eigenvalue weighted by atomic mass is 32.1. The van der Waals surface area contributed by atoms with Crippen LogP contribution in [0.5, 0.6) is 0 Å². The van der Waals surface area contributed by atoms with Crippen LogP contribution in [0.3, 0.4) is 0 Å². The molecule has 0 N–H and O–H groups in total. The highest BCUT2D eigenvalue weighted by Crippen LogP contribution is 2.60. The predicted octanol–water partition coefficient (Wildman–Crippen LogP) is 21.0. The van der Waals surface area contributed by atoms with Gasteiger partial charge in [0.2, 0.25) is 0 Å². The SMILES string of the molecule is CC12C=CC=CC1C(C)(c1ccc(N(c3ccccc3)c3ccc4c(c3)sc3cc5cc6sc7cc(N(c8ccccc8)c8ccc(C9(C)c%10ccccc%10C%10C=CC=CC%109)cc8)ccc7c6cc5cc34)cc1)c1ccccc12. The molecule has 2 nitrogen and oxygen atoms in total. The van der Waals surface area contributed by atoms with Crippen molar-refractivity contribution in [2.75, 3.05) is 9.80 Å². The normalized spacial score (nSPS) is 22.4. The highest BCUT2D eigenvalue weighted by Gasteiger charge is 2.55. The van der Waals surface area contributed by atoms with Crippen LogP contribution in [0.25, 0.3) is 51.1 Å². The minimum absolute atomic E-state index is 0.0460. The van der Waals surface area contributed by atoms with Gasteiger partial charge < -0.3 is 9.80 Å². The molecule has 10 aromatic carbocycles. The topological polar surface area (TPSA) is 6.48 Å². The van der Waals surface area contributed by atoms with Gasteiger partial charge in [-0.3, -0.25) is 0 Å². The van der Waals surface area contributed by atoms with Crippen molar-refractivity contribution in [1.82, 2.24) is 0 Å². The second kappa shape index (κ2) is 17.5. The molecule has 378 valence electrons. The fourth-order valence-corrected chi connectivity index (χ4v) is 17.3. The molecule has 4 heteroatoms. The van der Waals surface area contributed by atoms with Crippen molar-refractivity contribution in [3.8, 4) is 0 Å². The van der Waals surface area contributed by atoms with E-state index in [9.17, 15) is 0 Å². The van der Waals surface area contributed by atoms with E-state index in [1.54, 1.807) is 0 Å². The number of para-hydroxylation sites is 2. The number of hydrogen-bond donors (Lipinski definition) is 0. The summed E-state index contributed by atoms with van der Waals surface area (Å²) in [6.45, 7) is 7.31. The molecule has 6 unspecified atom stereocenters. The van der Waals surface area contributed by atoms with Crippen LogP contribution in [0.15, 0.2) is 267 Å². The molecule has 12 aromatic rings. The van der Waals surface area contributed by atoms with Crippen LogP contribution >= 0.6 is 22.7 Å². The molecule has 0 bridgehead atoms. The van der Waals surface area contributed by atoms with E-state index >= 15 is 0 Å². The van der Waals surface area contributed by atoms with Crippen molar-refractivity contribution in [2.45, 2.75) is 42.9 Å². The van der Waals surface area contributed by atoms with E-state index < -0.39 is 0 Å². The van der Waals surface area contributed by atoms with Crippen LogP contribution in [0.2, 0.25) is 0 Å². The van der Waals surface area contributed by atoms with Crippen LogP contribution in [0.4, 0.5) is 34.1 Å². The lowest BCUT2D eigenvalue weighted by Gasteiger charge is -2.39. The summed E-state index contributed by atoms with van der Waals surface area (Å²) in [5.74, 6) is 1.10. The van der Waals surface area contributed by atoms with Crippen molar-refractivity contribution >= 4 is 108 Å². The molecule has 0 saturated heterocycles. The van der Waals surface area contributed by atoms with Gasteiger partial charge in [0.05, 0.1) is 0 Å². The first kappa shape index (κ1) is 46.5. The predicted molar refractivity (Wildman–Crippen MR) is 339 cm³/mol. The van der Waals surface area contributed by atoms with E-state index in [0.29, 0.717) is 17.8 Å². The number of thiophene rings is 2. The molecular weight excluding hydrogens is 993 g/mol. The number of nitrogens with zero attached hydrogens (tertiary/aromatic N) is 2. The summed E-state index contributed by atoms with van der Waals surface area (Å²) in [5.41, 5.74) is 15.0. The molecular formula is C75H56N2S2. The summed E-state index contributed by atoms with van der Waals surface area (Å²) < 4.78 is 5.19. The summed E-state index contributed by atoms with van der Waals surface area (Å²) in [4.78, 5) is 4.83. The number of anilines is 6. The lowest BCUT2D eigenvalue weighted by molar-refractivity contribution is 0.346. The summed E-state index contributed by atoms with van der Waals surface area (Å²) in [7, 11) is 0. The van der Waals surface area contributed by atoms with Gasteiger partial charge in [-0.1, -0.05) is 191 Å². The molecule has 2 aromatic heterocycles. The lowest BCUT2D eigenvalue weighted by atomic mass is 9.64. The van der Waals surface area contributed by atoms with Gasteiger partial charge >= 0.3 is 0 Å². The van der Waals surface area contributed by atoms with Crippen molar-refractivity contribution in [3.05, 3.63) is 300 Å². The Balaban J connectivity index is 0.735. The Labute approximate surface area is 469 Å². The average molecular weight is 1050 g/mol. The first-order valence-electron chi connectivity index (χ1n) is 27.8. The summed E-state index contributed by atoms with van der Waals surface area (Å²) in [6, 6.07) is 82.5. The summed E-state index contributed by atoms with van der Waals surface area (Å²) in [6.07, 6.45) is 18.6. The quantitative estimate of drug-likeness (QED) is 0.150. The number of benzene rings is 10. The number of rotatable bonds is 8. The third kappa shape index (κ3) is 6.87. The molecule has 6 atom stereocenters. The molecule has 4 aliphatic rings. The fourth-order valence-electron chi connectivity index (χ4n) is 14.9. The van der Waals surface area contributed by atoms with E-state index in [4.69, 9.17) is 0 Å². The van der Waals surface area contributed by atoms with E-state index in [1.807, 2.05) is 22.7 Å². The molecule has 4 aliphatic carbocycles. The Morgan fingerprint density at radius 2 is 0.810 bits per heavy atom. The van der Waals surface area contributed by atoms with Crippen molar-refractivity contribution in [1.29, 1.82) is 0 Å². The van der Waals surface area contributed by atoms with Crippen LogP contribution in [0.1, 0.15) is 60.1 Å². The van der Waals surface area contributed by atoms with Crippen molar-refractivity contribution in [2.24, 2.45) is 11.8 Å². The monoisotopic (exact) mass is 1050 g/mol. The molecule has 0 radical (unpaired) electrons. The van der Waals surface area contributed by atoms with Gasteiger partial charge in [-0.15, -0.1) is 22.7 Å². The van der Waals surface area contributed by atoms with E-state index in [0.717, 1.165) is 34.1 Å². The Morgan fingerprint density at radius 1 is 0.354 bits per heavy atom. The molecule has 0 aliphatic heterocycles. The maximum Gasteiger partial charge on any atom is 0.0476 e. The molecule has 0 fully saturated rings. The Hall–Kier alpha value is -8.54. The van der Waals surface area contributed by atoms with Gasteiger partial charge in [0, 0.05) is 108 Å². The third-order valence-corrected chi connectivity index (χ3v) is 21.1. The summed E-state index contributed by atoms with van der Waals surface area (Å²) >= 11 is 3.79. The van der Waals surface area contributed by atoms with Crippen LogP contribution in [-0.2, 0) is 16.2 Å². The second-order valence-corrected chi connectivity index (χ2v) is 25.1. The van der Waals surface area contributed by atoms with Gasteiger partial charge in [0.25, 0.3) is 0 Å². The zero-order valence-corrected chi connectivity index (χ0v) is 46.0. The largest absolute Gasteiger partial charge is 0.310 e. The molecule has 0 saturated carbocycles. The van der Waals surface area contributed by atoms with E-state index in [1.165, 1.54) is 84.5 Å². The minimum atomic E-state index is -0.161. The van der Waals surface area contributed by atoms with Crippen molar-refractivity contribution in [3.63, 3.8) is 0 Å². The Bertz CT molecular complexity index is 4560. The van der Waals surface area contributed by atoms with Crippen LogP contribution in [0, 0.1) is 11.8 Å². The van der Waals surface area contributed by atoms with E-state index in [-0.39, 0.29) is 16.2 Å². The van der Waals surface area contributed by atoms with Gasteiger partial charge in [-0.25, -0.2) is 0 Å². The third-order valence-electron chi connectivity index (χ3n) is 18.9. The van der Waals surface area contributed by atoms with Gasteiger partial charge in [0.15, 0.2) is 0 Å². The first-order chi connectivity index (χ1) is 38.8. The molecule has 0 spiro atoms. The number of hydrogen-bond acceptors (Lipinski definition) is 4.